The molecule has 0 spiro atoms. The first kappa shape index (κ1) is 16.3. The van der Waals surface area contributed by atoms with Gasteiger partial charge in [-0.25, -0.2) is 8.42 Å². The van der Waals surface area contributed by atoms with Crippen LogP contribution in [0, 0.1) is 0 Å². The number of amides is 1. The zero-order valence-corrected chi connectivity index (χ0v) is 14.0. The van der Waals surface area contributed by atoms with Crippen molar-refractivity contribution >= 4 is 27.5 Å². The fraction of sp³-hybridized carbons (Fsp3) is 0.750. The topological polar surface area (TPSA) is 85.2 Å². The van der Waals surface area contributed by atoms with Gasteiger partial charge in [0.25, 0.3) is 0 Å². The minimum Gasteiger partial charge on any atom is -0.341 e. The maximum absolute atomic E-state index is 12.4. The molecule has 1 aromatic rings. The Balaban J connectivity index is 1.99. The molecule has 1 fully saturated rings. The summed E-state index contributed by atoms with van der Waals surface area (Å²) in [5.41, 5.74) is 0. The second-order valence-electron chi connectivity index (χ2n) is 5.17. The van der Waals surface area contributed by atoms with Crippen LogP contribution < -0.4 is 0 Å². The molecule has 1 amide bonds. The highest BCUT2D eigenvalue weighted by Crippen LogP contribution is 2.24. The molecule has 0 radical (unpaired) electrons. The lowest BCUT2D eigenvalue weighted by Crippen LogP contribution is -2.41. The Labute approximate surface area is 129 Å². The molecule has 2 atom stereocenters. The van der Waals surface area contributed by atoms with Gasteiger partial charge in [-0.2, -0.15) is 0 Å². The van der Waals surface area contributed by atoms with Gasteiger partial charge < -0.3 is 9.47 Å². The smallest absolute Gasteiger partial charge is 0.235 e. The first-order valence-electron chi connectivity index (χ1n) is 6.85. The van der Waals surface area contributed by atoms with Crippen LogP contribution in [-0.2, 0) is 21.2 Å². The monoisotopic (exact) mass is 332 g/mol. The number of carbonyl (C=O) groups excluding carboxylic acids is 1. The molecule has 0 saturated carbocycles. The molecule has 0 N–H and O–H groups in total. The highest BCUT2D eigenvalue weighted by atomic mass is 32.2. The van der Waals surface area contributed by atoms with Crippen molar-refractivity contribution in [3.8, 4) is 0 Å². The van der Waals surface area contributed by atoms with Crippen LogP contribution in [0.1, 0.15) is 20.3 Å². The lowest BCUT2D eigenvalue weighted by Gasteiger charge is -2.26. The van der Waals surface area contributed by atoms with Crippen LogP contribution >= 0.6 is 11.8 Å². The van der Waals surface area contributed by atoms with Crippen LogP contribution in [0.15, 0.2) is 11.5 Å². The molecule has 0 unspecified atom stereocenters. The molecule has 7 nitrogen and oxygen atoms in total. The summed E-state index contributed by atoms with van der Waals surface area (Å²) in [5, 5.41) is 8.21. The summed E-state index contributed by atoms with van der Waals surface area (Å²) in [6.07, 6.45) is 2.15. The van der Waals surface area contributed by atoms with Gasteiger partial charge in [-0.1, -0.05) is 11.8 Å². The molecule has 0 aliphatic carbocycles. The van der Waals surface area contributed by atoms with Gasteiger partial charge in [-0.15, -0.1) is 10.2 Å². The number of hydrogen-bond acceptors (Lipinski definition) is 6. The third-order valence-corrected chi connectivity index (χ3v) is 6.49. The SMILES string of the molecule is CCn1cnnc1S[C@@H](C)C(=O)N(C)[C@@H]1CCS(=O)(=O)C1. The molecule has 2 heterocycles. The van der Waals surface area contributed by atoms with Gasteiger partial charge in [0, 0.05) is 19.6 Å². The molecule has 0 bridgehead atoms. The number of rotatable bonds is 5. The third-order valence-electron chi connectivity index (χ3n) is 3.65. The van der Waals surface area contributed by atoms with E-state index in [-0.39, 0.29) is 28.7 Å². The first-order valence-corrected chi connectivity index (χ1v) is 9.55. The predicted octanol–water partition coefficient (Wildman–Crippen LogP) is 0.424. The van der Waals surface area contributed by atoms with Crippen LogP contribution in [0.25, 0.3) is 0 Å². The number of aryl methyl sites for hydroxylation is 1. The van der Waals surface area contributed by atoms with E-state index in [0.717, 1.165) is 6.54 Å². The minimum absolute atomic E-state index is 0.0672. The van der Waals surface area contributed by atoms with Crippen LogP contribution in [-0.4, -0.2) is 63.8 Å². The maximum atomic E-state index is 12.4. The van der Waals surface area contributed by atoms with Crippen molar-refractivity contribution in [3.05, 3.63) is 6.33 Å². The first-order chi connectivity index (χ1) is 9.84. The van der Waals surface area contributed by atoms with Crippen LogP contribution in [0.4, 0.5) is 0 Å². The molecule has 118 valence electrons. The van der Waals surface area contributed by atoms with Gasteiger partial charge >= 0.3 is 0 Å². The molecular formula is C12H20N4O3S2. The summed E-state index contributed by atoms with van der Waals surface area (Å²) in [5.74, 6) is 0.159. The zero-order chi connectivity index (χ0) is 15.6. The van der Waals surface area contributed by atoms with E-state index >= 15 is 0 Å². The van der Waals surface area contributed by atoms with Gasteiger partial charge in [0.2, 0.25) is 5.91 Å². The molecule has 0 aromatic carbocycles. The Bertz CT molecular complexity index is 614. The van der Waals surface area contributed by atoms with Crippen LogP contribution in [0.2, 0.25) is 0 Å². The number of sulfone groups is 1. The van der Waals surface area contributed by atoms with Crippen molar-refractivity contribution in [2.45, 2.75) is 43.3 Å². The van der Waals surface area contributed by atoms with Crippen molar-refractivity contribution in [2.75, 3.05) is 18.6 Å². The minimum atomic E-state index is -2.99. The summed E-state index contributed by atoms with van der Waals surface area (Å²) in [7, 11) is -1.31. The lowest BCUT2D eigenvalue weighted by atomic mass is 10.2. The average molecular weight is 332 g/mol. The van der Waals surface area contributed by atoms with Gasteiger partial charge in [0.15, 0.2) is 15.0 Å². The Morgan fingerprint density at radius 3 is 2.90 bits per heavy atom. The van der Waals surface area contributed by atoms with Crippen molar-refractivity contribution in [1.29, 1.82) is 0 Å². The van der Waals surface area contributed by atoms with Gasteiger partial charge in [0.05, 0.1) is 16.8 Å². The van der Waals surface area contributed by atoms with Crippen molar-refractivity contribution in [3.63, 3.8) is 0 Å². The normalized spacial score (nSPS) is 22.1. The van der Waals surface area contributed by atoms with E-state index in [1.54, 1.807) is 18.3 Å². The molecule has 1 aromatic heterocycles. The Hall–Kier alpha value is -1.09. The lowest BCUT2D eigenvalue weighted by molar-refractivity contribution is -0.130. The summed E-state index contributed by atoms with van der Waals surface area (Å²) in [6, 6.07) is -0.213. The average Bonchev–Trinajstić information content (AvgIpc) is 3.02. The van der Waals surface area contributed by atoms with E-state index in [4.69, 9.17) is 0 Å². The molecule has 9 heteroatoms. The Morgan fingerprint density at radius 1 is 1.62 bits per heavy atom. The highest BCUT2D eigenvalue weighted by molar-refractivity contribution is 8.00. The van der Waals surface area contributed by atoms with Crippen LogP contribution in [0.3, 0.4) is 0 Å². The van der Waals surface area contributed by atoms with E-state index in [1.165, 1.54) is 11.8 Å². The Morgan fingerprint density at radius 2 is 2.33 bits per heavy atom. The molecule has 1 aliphatic rings. The van der Waals surface area contributed by atoms with Crippen molar-refractivity contribution in [1.82, 2.24) is 19.7 Å². The standard InChI is InChI=1S/C12H20N4O3S2/c1-4-16-8-13-14-12(16)20-9(2)11(17)15(3)10-5-6-21(18,19)7-10/h8-10H,4-7H2,1-3H3/t9-,10+/m0/s1. The van der Waals surface area contributed by atoms with E-state index in [9.17, 15) is 13.2 Å². The highest BCUT2D eigenvalue weighted by Gasteiger charge is 2.34. The summed E-state index contributed by atoms with van der Waals surface area (Å²) in [6.45, 7) is 4.53. The Kier molecular flexibility index (Phi) is 4.92. The summed E-state index contributed by atoms with van der Waals surface area (Å²) < 4.78 is 24.9. The third kappa shape index (κ3) is 3.76. The quantitative estimate of drug-likeness (QED) is 0.727. The predicted molar refractivity (Wildman–Crippen MR) is 80.8 cm³/mol. The van der Waals surface area contributed by atoms with E-state index < -0.39 is 9.84 Å². The molecule has 1 aliphatic heterocycles. The second kappa shape index (κ2) is 6.35. The van der Waals surface area contributed by atoms with E-state index in [2.05, 4.69) is 10.2 Å². The number of hydrogen-bond donors (Lipinski definition) is 0. The van der Waals surface area contributed by atoms with Gasteiger partial charge in [-0.05, 0) is 20.3 Å². The van der Waals surface area contributed by atoms with Crippen molar-refractivity contribution in [2.24, 2.45) is 0 Å². The largest absolute Gasteiger partial charge is 0.341 e. The number of thioether (sulfide) groups is 1. The maximum Gasteiger partial charge on any atom is 0.235 e. The van der Waals surface area contributed by atoms with Gasteiger partial charge in [0.1, 0.15) is 6.33 Å². The number of aromatic nitrogens is 3. The molecule has 1 saturated heterocycles. The summed E-state index contributed by atoms with van der Waals surface area (Å²) >= 11 is 1.35. The zero-order valence-electron chi connectivity index (χ0n) is 12.4. The fourth-order valence-corrected chi connectivity index (χ4v) is 5.07. The van der Waals surface area contributed by atoms with E-state index in [0.29, 0.717) is 11.6 Å². The molecule has 21 heavy (non-hydrogen) atoms. The number of carbonyl (C=O) groups is 1. The van der Waals surface area contributed by atoms with Gasteiger partial charge in [-0.3, -0.25) is 4.79 Å². The molecular weight excluding hydrogens is 312 g/mol. The van der Waals surface area contributed by atoms with E-state index in [1.807, 2.05) is 18.4 Å². The second-order valence-corrected chi connectivity index (χ2v) is 8.70. The molecule has 2 rings (SSSR count). The fourth-order valence-electron chi connectivity index (χ4n) is 2.31. The van der Waals surface area contributed by atoms with Crippen LogP contribution in [0.5, 0.6) is 0 Å². The number of nitrogens with zero attached hydrogens (tertiary/aromatic N) is 4. The summed E-state index contributed by atoms with van der Waals surface area (Å²) in [4.78, 5) is 14.0. The van der Waals surface area contributed by atoms with Crippen molar-refractivity contribution < 1.29 is 13.2 Å².